The number of aromatic amines is 1. The minimum atomic E-state index is 0.152. The number of benzene rings is 2. The van der Waals surface area contributed by atoms with Crippen molar-refractivity contribution in [3.8, 4) is 5.95 Å². The molecule has 0 fully saturated rings. The summed E-state index contributed by atoms with van der Waals surface area (Å²) in [5.41, 5.74) is 5.46. The number of rotatable bonds is 3. The molecule has 138 valence electrons. The minimum absolute atomic E-state index is 0.152. The van der Waals surface area contributed by atoms with Crippen LogP contribution >= 0.6 is 0 Å². The molecule has 0 aliphatic heterocycles. The Kier molecular flexibility index (Phi) is 3.93. The maximum Gasteiger partial charge on any atom is 0.229 e. The molecule has 2 aromatic carbocycles. The van der Waals surface area contributed by atoms with Crippen molar-refractivity contribution in [3.63, 3.8) is 0 Å². The van der Waals surface area contributed by atoms with Gasteiger partial charge in [0.25, 0.3) is 0 Å². The SMILES string of the molecule is Cc1nn(-c2nc3ccccc3[nH]2)c2c1C(=O)CC(C=Cc1ccccc1)C2. The largest absolute Gasteiger partial charge is 0.322 e. The van der Waals surface area contributed by atoms with Gasteiger partial charge < -0.3 is 4.98 Å². The van der Waals surface area contributed by atoms with Gasteiger partial charge in [0.05, 0.1) is 28.0 Å². The molecule has 2 aromatic heterocycles. The van der Waals surface area contributed by atoms with Gasteiger partial charge in [0.2, 0.25) is 5.95 Å². The lowest BCUT2D eigenvalue weighted by Gasteiger charge is -2.19. The van der Waals surface area contributed by atoms with Crippen LogP contribution in [-0.4, -0.2) is 25.5 Å². The van der Waals surface area contributed by atoms with Crippen molar-refractivity contribution in [2.24, 2.45) is 5.92 Å². The fraction of sp³-hybridized carbons (Fsp3) is 0.174. The predicted octanol–water partition coefficient (Wildman–Crippen LogP) is 4.52. The first-order valence-electron chi connectivity index (χ1n) is 9.49. The summed E-state index contributed by atoms with van der Waals surface area (Å²) in [7, 11) is 0. The molecule has 0 radical (unpaired) electrons. The van der Waals surface area contributed by atoms with E-state index < -0.39 is 0 Å². The second kappa shape index (κ2) is 6.60. The number of allylic oxidation sites excluding steroid dienone is 1. The third kappa shape index (κ3) is 2.85. The Morgan fingerprint density at radius 1 is 1.07 bits per heavy atom. The molecule has 1 aliphatic carbocycles. The third-order valence-electron chi connectivity index (χ3n) is 5.28. The molecule has 5 rings (SSSR count). The molecule has 1 atom stereocenters. The smallest absolute Gasteiger partial charge is 0.229 e. The maximum absolute atomic E-state index is 12.8. The Bertz CT molecular complexity index is 1170. The first-order chi connectivity index (χ1) is 13.7. The van der Waals surface area contributed by atoms with E-state index in [9.17, 15) is 4.79 Å². The van der Waals surface area contributed by atoms with Crippen LogP contribution in [0.25, 0.3) is 23.1 Å². The van der Waals surface area contributed by atoms with Crippen LogP contribution in [0, 0.1) is 12.8 Å². The molecule has 0 amide bonds. The number of aryl methyl sites for hydroxylation is 1. The van der Waals surface area contributed by atoms with Crippen molar-refractivity contribution in [2.45, 2.75) is 19.8 Å². The van der Waals surface area contributed by atoms with Crippen molar-refractivity contribution in [3.05, 3.63) is 83.2 Å². The fourth-order valence-corrected chi connectivity index (χ4v) is 3.95. The standard InChI is InChI=1S/C23H20N4O/c1-15-22-20(27(26-15)23-24-18-9-5-6-10-19(18)25-23)13-17(14-21(22)28)12-11-16-7-3-2-4-8-16/h2-12,17H,13-14H2,1H3,(H,24,25). The molecular weight excluding hydrogens is 348 g/mol. The van der Waals surface area contributed by atoms with Crippen molar-refractivity contribution < 1.29 is 4.79 Å². The summed E-state index contributed by atoms with van der Waals surface area (Å²) in [5, 5.41) is 4.64. The molecule has 0 saturated heterocycles. The first kappa shape index (κ1) is 16.7. The van der Waals surface area contributed by atoms with Crippen LogP contribution in [0.4, 0.5) is 0 Å². The average molecular weight is 368 g/mol. The van der Waals surface area contributed by atoms with Crippen LogP contribution in [0.1, 0.15) is 33.7 Å². The zero-order valence-electron chi connectivity index (χ0n) is 15.6. The van der Waals surface area contributed by atoms with Gasteiger partial charge in [0.1, 0.15) is 0 Å². The predicted molar refractivity (Wildman–Crippen MR) is 110 cm³/mol. The van der Waals surface area contributed by atoms with Crippen molar-refractivity contribution in [1.82, 2.24) is 19.7 Å². The Morgan fingerprint density at radius 2 is 1.86 bits per heavy atom. The summed E-state index contributed by atoms with van der Waals surface area (Å²) in [6.07, 6.45) is 5.52. The number of H-pyrrole nitrogens is 1. The number of hydrogen-bond donors (Lipinski definition) is 1. The van der Waals surface area contributed by atoms with Crippen molar-refractivity contribution in [1.29, 1.82) is 0 Å². The van der Waals surface area contributed by atoms with Crippen molar-refractivity contribution >= 4 is 22.9 Å². The van der Waals surface area contributed by atoms with Crippen LogP contribution in [0.3, 0.4) is 0 Å². The van der Waals surface area contributed by atoms with Crippen molar-refractivity contribution in [2.75, 3.05) is 0 Å². The van der Waals surface area contributed by atoms with Gasteiger partial charge in [-0.1, -0.05) is 54.6 Å². The van der Waals surface area contributed by atoms with Gasteiger partial charge in [-0.3, -0.25) is 4.79 Å². The summed E-state index contributed by atoms with van der Waals surface area (Å²) >= 11 is 0. The summed E-state index contributed by atoms with van der Waals surface area (Å²) in [5.74, 6) is 0.967. The fourth-order valence-electron chi connectivity index (χ4n) is 3.95. The number of para-hydroxylation sites is 2. The van der Waals surface area contributed by atoms with Crippen LogP contribution in [0.5, 0.6) is 0 Å². The molecule has 0 spiro atoms. The molecule has 5 nitrogen and oxygen atoms in total. The van der Waals surface area contributed by atoms with E-state index in [-0.39, 0.29) is 11.7 Å². The molecule has 1 N–H and O–H groups in total. The Hall–Kier alpha value is -3.47. The van der Waals surface area contributed by atoms with E-state index >= 15 is 0 Å². The molecule has 5 heteroatoms. The van der Waals surface area contributed by atoms with Gasteiger partial charge in [-0.2, -0.15) is 5.10 Å². The molecule has 0 saturated carbocycles. The normalized spacial score (nSPS) is 16.8. The van der Waals surface area contributed by atoms with Gasteiger partial charge >= 0.3 is 0 Å². The number of nitrogens with zero attached hydrogens (tertiary/aromatic N) is 3. The van der Waals surface area contributed by atoms with E-state index in [4.69, 9.17) is 0 Å². The molecular formula is C23H20N4O. The summed E-state index contributed by atoms with van der Waals surface area (Å²) in [6, 6.07) is 18.1. The number of ketones is 1. The highest BCUT2D eigenvalue weighted by molar-refractivity contribution is 5.99. The zero-order valence-corrected chi connectivity index (χ0v) is 15.6. The number of nitrogens with one attached hydrogen (secondary N) is 1. The first-order valence-corrected chi connectivity index (χ1v) is 9.49. The number of hydrogen-bond acceptors (Lipinski definition) is 3. The quantitative estimate of drug-likeness (QED) is 0.578. The second-order valence-electron chi connectivity index (χ2n) is 7.26. The Balaban J connectivity index is 1.52. The Morgan fingerprint density at radius 3 is 2.68 bits per heavy atom. The number of carbonyl (C=O) groups excluding carboxylic acids is 1. The average Bonchev–Trinajstić information content (AvgIpc) is 3.28. The Labute approximate surface area is 162 Å². The van der Waals surface area contributed by atoms with Gasteiger partial charge in [0.15, 0.2) is 5.78 Å². The minimum Gasteiger partial charge on any atom is -0.322 e. The van der Waals surface area contributed by atoms with E-state index in [0.717, 1.165) is 40.0 Å². The molecule has 1 unspecified atom stereocenters. The van der Waals surface area contributed by atoms with E-state index in [1.165, 1.54) is 0 Å². The molecule has 4 aromatic rings. The monoisotopic (exact) mass is 368 g/mol. The second-order valence-corrected chi connectivity index (χ2v) is 7.26. The summed E-state index contributed by atoms with van der Waals surface area (Å²) < 4.78 is 1.81. The van der Waals surface area contributed by atoms with E-state index in [1.54, 1.807) is 0 Å². The topological polar surface area (TPSA) is 63.6 Å². The lowest BCUT2D eigenvalue weighted by Crippen LogP contribution is -2.20. The highest BCUT2D eigenvalue weighted by atomic mass is 16.1. The van der Waals surface area contributed by atoms with Gasteiger partial charge in [-0.25, -0.2) is 9.67 Å². The highest BCUT2D eigenvalue weighted by Crippen LogP contribution is 2.30. The van der Waals surface area contributed by atoms with Crippen LogP contribution < -0.4 is 0 Å². The third-order valence-corrected chi connectivity index (χ3v) is 5.28. The van der Waals surface area contributed by atoms with Crippen LogP contribution in [-0.2, 0) is 6.42 Å². The maximum atomic E-state index is 12.8. The number of fused-ring (bicyclic) bond motifs is 2. The van der Waals surface area contributed by atoms with Gasteiger partial charge in [-0.05, 0) is 37.0 Å². The number of aromatic nitrogens is 4. The molecule has 1 aliphatic rings. The lowest BCUT2D eigenvalue weighted by atomic mass is 9.85. The number of carbonyl (C=O) groups is 1. The summed E-state index contributed by atoms with van der Waals surface area (Å²) in [6.45, 7) is 1.90. The van der Waals surface area contributed by atoms with E-state index in [2.05, 4.69) is 39.4 Å². The van der Waals surface area contributed by atoms with Crippen LogP contribution in [0.15, 0.2) is 60.7 Å². The number of imidazole rings is 1. The lowest BCUT2D eigenvalue weighted by molar-refractivity contribution is 0.0958. The van der Waals surface area contributed by atoms with E-state index in [0.29, 0.717) is 12.4 Å². The van der Waals surface area contributed by atoms with E-state index in [1.807, 2.05) is 54.1 Å². The summed E-state index contributed by atoms with van der Waals surface area (Å²) in [4.78, 5) is 20.8. The molecule has 0 bridgehead atoms. The highest BCUT2D eigenvalue weighted by Gasteiger charge is 2.31. The zero-order chi connectivity index (χ0) is 19.1. The van der Waals surface area contributed by atoms with Gasteiger partial charge in [-0.15, -0.1) is 0 Å². The van der Waals surface area contributed by atoms with Gasteiger partial charge in [0, 0.05) is 6.42 Å². The molecule has 28 heavy (non-hydrogen) atoms. The van der Waals surface area contributed by atoms with Crippen LogP contribution in [0.2, 0.25) is 0 Å². The molecule has 2 heterocycles. The number of Topliss-reactive ketones (excluding diaryl/α,β-unsaturated/α-hetero) is 1.